The zero-order chi connectivity index (χ0) is 28.3. The minimum absolute atomic E-state index is 0. The van der Waals surface area contributed by atoms with E-state index in [9.17, 15) is 0 Å². The van der Waals surface area contributed by atoms with Crippen LogP contribution >= 0.6 is 31.7 Å². The van der Waals surface area contributed by atoms with Gasteiger partial charge in [0.2, 0.25) is 0 Å². The normalized spacial score (nSPS) is 9.68. The molecule has 0 atom stereocenters. The van der Waals surface area contributed by atoms with Gasteiger partial charge in [-0.15, -0.1) is 43.8 Å². The Bertz CT molecular complexity index is 711. The van der Waals surface area contributed by atoms with Gasteiger partial charge in [0.1, 0.15) is 0 Å². The number of rotatable bonds is 8. The summed E-state index contributed by atoms with van der Waals surface area (Å²) in [6.07, 6.45) is 5.92. The fourth-order valence-electron chi connectivity index (χ4n) is 2.64. The first kappa shape index (κ1) is 47.3. The molecular formula is C28H52P4Pt2Si4. The summed E-state index contributed by atoms with van der Waals surface area (Å²) in [5.74, 6) is 0. The average Bonchev–Trinajstić information content (AvgIpc) is 2.78. The maximum atomic E-state index is 3.57. The smallest absolute Gasteiger partial charge is 0.655 e. The van der Waals surface area contributed by atoms with Crippen molar-refractivity contribution in [3.63, 3.8) is 0 Å². The molecule has 0 bridgehead atoms. The predicted octanol–water partition coefficient (Wildman–Crippen LogP) is 5.82. The molecule has 0 aromatic heterocycles. The molecule has 220 valence electrons. The summed E-state index contributed by atoms with van der Waals surface area (Å²) in [6, 6.07) is 16.9. The molecular weight excluding hydrogens is 963 g/mol. The van der Waals surface area contributed by atoms with E-state index in [-0.39, 0.29) is 59.7 Å². The van der Waals surface area contributed by atoms with E-state index in [1.165, 1.54) is 45.4 Å². The zero-order valence-corrected chi connectivity index (χ0v) is 38.0. The SMILES string of the molecule is CP(C)CCP(C)C.CP(C)CCP(C)C.C[Si-](C)c1ccccc1[Si-].C[Si-](C)c1ccccc1[Si-].[Pt+2].[Pt+2]. The summed E-state index contributed by atoms with van der Waals surface area (Å²) in [5.41, 5.74) is 0. The van der Waals surface area contributed by atoms with Crippen molar-refractivity contribution in [3.05, 3.63) is 48.5 Å². The summed E-state index contributed by atoms with van der Waals surface area (Å²) >= 11 is 0. The van der Waals surface area contributed by atoms with Gasteiger partial charge in [-0.2, -0.15) is 26.2 Å². The standard InChI is InChI=1S/2C8H10Si2.2C6H16P2.2Pt/c2*1-10(2)8-6-4-3-5-7(8)9;2*1-7(2)5-6-8(3)4;;/h2*3-6H,1-2H3;2*5-6H2,1-4H3;;/q2*-2;;;2*+2. The summed E-state index contributed by atoms with van der Waals surface area (Å²) in [4.78, 5) is 0. The molecule has 0 amide bonds. The zero-order valence-electron chi connectivity index (χ0n) is 25.9. The third kappa shape index (κ3) is 29.9. The quantitative estimate of drug-likeness (QED) is 0.232. The van der Waals surface area contributed by atoms with Gasteiger partial charge < -0.3 is 20.5 Å². The molecule has 0 aliphatic heterocycles. The van der Waals surface area contributed by atoms with Crippen molar-refractivity contribution in [2.75, 3.05) is 78.0 Å². The molecule has 0 nitrogen and oxygen atoms in total. The monoisotopic (exact) mass is 1010 g/mol. The molecule has 0 unspecified atom stereocenters. The summed E-state index contributed by atoms with van der Waals surface area (Å²) in [6.45, 7) is 28.0. The van der Waals surface area contributed by atoms with Gasteiger partial charge in [-0.1, -0.05) is 36.4 Å². The minimum atomic E-state index is -0.291. The minimum Gasteiger partial charge on any atom is -0.655 e. The molecule has 2 aromatic rings. The Kier molecular flexibility index (Phi) is 36.7. The Morgan fingerprint density at radius 2 is 0.684 bits per heavy atom. The second-order valence-electron chi connectivity index (χ2n) is 10.3. The first-order chi connectivity index (χ1) is 16.7. The Hall–Kier alpha value is 2.40. The van der Waals surface area contributed by atoms with Crippen LogP contribution < -0.4 is 20.7 Å². The van der Waals surface area contributed by atoms with E-state index >= 15 is 0 Å². The van der Waals surface area contributed by atoms with Crippen LogP contribution in [0.1, 0.15) is 0 Å². The van der Waals surface area contributed by atoms with E-state index in [1.54, 1.807) is 0 Å². The van der Waals surface area contributed by atoms with Crippen molar-refractivity contribution in [3.8, 4) is 0 Å². The first-order valence-electron chi connectivity index (χ1n) is 12.5. The van der Waals surface area contributed by atoms with E-state index in [0.29, 0.717) is 31.7 Å². The largest absolute Gasteiger partial charge is 2.00 e. The van der Waals surface area contributed by atoms with E-state index < -0.39 is 0 Å². The maximum absolute atomic E-state index is 3.57. The van der Waals surface area contributed by atoms with Gasteiger partial charge in [0, 0.05) is 0 Å². The van der Waals surface area contributed by atoms with Gasteiger partial charge in [0.25, 0.3) is 0 Å². The molecule has 0 saturated heterocycles. The summed E-state index contributed by atoms with van der Waals surface area (Å²) in [5, 5.41) is 5.45. The average molecular weight is 1020 g/mol. The van der Waals surface area contributed by atoms with E-state index in [0.717, 1.165) is 0 Å². The van der Waals surface area contributed by atoms with Crippen molar-refractivity contribution in [2.45, 2.75) is 26.2 Å². The van der Waals surface area contributed by atoms with Gasteiger partial charge in [0.15, 0.2) is 0 Å². The molecule has 38 heavy (non-hydrogen) atoms. The fourth-order valence-corrected chi connectivity index (χ4v) is 13.0. The van der Waals surface area contributed by atoms with Crippen molar-refractivity contribution in [1.82, 2.24) is 0 Å². The fraction of sp³-hybridized carbons (Fsp3) is 0.571. The number of benzene rings is 2. The third-order valence-corrected chi connectivity index (χ3v) is 14.5. The van der Waals surface area contributed by atoms with Gasteiger partial charge in [-0.25, -0.2) is 10.4 Å². The van der Waals surface area contributed by atoms with Crippen LogP contribution in [0.5, 0.6) is 0 Å². The molecule has 0 aliphatic rings. The summed E-state index contributed by atoms with van der Waals surface area (Å²) in [7, 11) is 8.09. The topological polar surface area (TPSA) is 0 Å². The van der Waals surface area contributed by atoms with Crippen molar-refractivity contribution < 1.29 is 42.1 Å². The molecule has 4 radical (unpaired) electrons. The number of hydrogen-bond acceptors (Lipinski definition) is 0. The molecule has 0 N–H and O–H groups in total. The van der Waals surface area contributed by atoms with Crippen molar-refractivity contribution >= 4 is 90.5 Å². The molecule has 0 spiro atoms. The molecule has 0 heterocycles. The van der Waals surface area contributed by atoms with Gasteiger partial charge in [0.05, 0.1) is 0 Å². The van der Waals surface area contributed by atoms with Crippen LogP contribution in [0.25, 0.3) is 0 Å². The summed E-state index contributed by atoms with van der Waals surface area (Å²) < 4.78 is 0. The van der Waals surface area contributed by atoms with Crippen LogP contribution in [0.3, 0.4) is 0 Å². The molecule has 10 heteroatoms. The van der Waals surface area contributed by atoms with Gasteiger partial charge in [-0.3, -0.25) is 28.0 Å². The van der Waals surface area contributed by atoms with Gasteiger partial charge in [-0.05, 0) is 78.0 Å². The molecule has 2 rings (SSSR count). The molecule has 0 saturated carbocycles. The second kappa shape index (κ2) is 29.5. The van der Waals surface area contributed by atoms with E-state index in [2.05, 4.69) is 149 Å². The Balaban J connectivity index is -0.000000201. The van der Waals surface area contributed by atoms with Crippen LogP contribution in [0.4, 0.5) is 0 Å². The molecule has 2 aromatic carbocycles. The van der Waals surface area contributed by atoms with Crippen molar-refractivity contribution in [1.29, 1.82) is 0 Å². The first-order valence-corrected chi connectivity index (χ1v) is 28.2. The molecule has 0 fully saturated rings. The van der Waals surface area contributed by atoms with Crippen LogP contribution in [-0.2, 0) is 42.1 Å². The van der Waals surface area contributed by atoms with Crippen LogP contribution in [0.15, 0.2) is 48.5 Å². The molecule has 0 aliphatic carbocycles. The van der Waals surface area contributed by atoms with Crippen LogP contribution in [-0.4, -0.2) is 116 Å². The predicted molar refractivity (Wildman–Crippen MR) is 192 cm³/mol. The third-order valence-electron chi connectivity index (χ3n) is 4.92. The Morgan fingerprint density at radius 3 is 0.816 bits per heavy atom. The number of hydrogen-bond donors (Lipinski definition) is 0. The van der Waals surface area contributed by atoms with Gasteiger partial charge >= 0.3 is 42.1 Å². The van der Waals surface area contributed by atoms with E-state index in [1.807, 2.05) is 0 Å². The Morgan fingerprint density at radius 1 is 0.474 bits per heavy atom. The maximum Gasteiger partial charge on any atom is 2.00 e. The second-order valence-corrected chi connectivity index (χ2v) is 26.9. The van der Waals surface area contributed by atoms with E-state index in [4.69, 9.17) is 0 Å². The van der Waals surface area contributed by atoms with Crippen LogP contribution in [0, 0.1) is 0 Å². The van der Waals surface area contributed by atoms with Crippen molar-refractivity contribution in [2.24, 2.45) is 0 Å². The Labute approximate surface area is 282 Å². The van der Waals surface area contributed by atoms with Crippen LogP contribution in [0.2, 0.25) is 26.2 Å².